The van der Waals surface area contributed by atoms with Gasteiger partial charge < -0.3 is 9.84 Å². The molecule has 1 heterocycles. The van der Waals surface area contributed by atoms with E-state index >= 15 is 0 Å². The maximum atomic E-state index is 8.84. The Morgan fingerprint density at radius 2 is 2.50 bits per heavy atom. The topological polar surface area (TPSA) is 78.2 Å². The molecule has 0 radical (unpaired) electrons. The lowest BCUT2D eigenvalue weighted by molar-refractivity contribution is -0.0871. The zero-order valence-electron chi connectivity index (χ0n) is 5.47. The van der Waals surface area contributed by atoms with Crippen LogP contribution in [0.5, 0.6) is 0 Å². The number of aliphatic hydroxyl groups is 1. The van der Waals surface area contributed by atoms with Crippen molar-refractivity contribution in [3.63, 3.8) is 0 Å². The van der Waals surface area contributed by atoms with Crippen LogP contribution in [0, 0.1) is 0 Å². The molecule has 1 saturated heterocycles. The number of hydrogen-bond acceptors (Lipinski definition) is 3. The average molecular weight is 143 g/mol. The Balaban J connectivity index is 2.24. The number of hydrogen-bond donors (Lipinski definition) is 1. The van der Waals surface area contributed by atoms with Crippen molar-refractivity contribution in [3.05, 3.63) is 10.4 Å². The monoisotopic (exact) mass is 143 g/mol. The van der Waals surface area contributed by atoms with Crippen LogP contribution in [0.3, 0.4) is 0 Å². The largest absolute Gasteiger partial charge is 0.368 e. The first-order valence-corrected chi connectivity index (χ1v) is 3.17. The Morgan fingerprint density at radius 1 is 1.70 bits per heavy atom. The molecule has 5 nitrogen and oxygen atoms in total. The van der Waals surface area contributed by atoms with Gasteiger partial charge in [0.2, 0.25) is 0 Å². The first-order valence-electron chi connectivity index (χ1n) is 3.17. The summed E-state index contributed by atoms with van der Waals surface area (Å²) >= 11 is 0. The Morgan fingerprint density at radius 3 is 3.00 bits per heavy atom. The molecule has 1 aliphatic heterocycles. The van der Waals surface area contributed by atoms with Gasteiger partial charge in [0.1, 0.15) is 0 Å². The van der Waals surface area contributed by atoms with E-state index in [1.54, 1.807) is 0 Å². The van der Waals surface area contributed by atoms with Crippen LogP contribution in [0.25, 0.3) is 10.4 Å². The molecule has 0 aromatic heterocycles. The van der Waals surface area contributed by atoms with E-state index in [-0.39, 0.29) is 6.10 Å². The molecule has 1 rings (SSSR count). The predicted octanol–water partition coefficient (Wildman–Crippen LogP) is 0.794. The average Bonchev–Trinajstić information content (AvgIpc) is 2.31. The number of aliphatic hydroxyl groups excluding tert-OH is 1. The van der Waals surface area contributed by atoms with Crippen molar-refractivity contribution in [2.24, 2.45) is 5.11 Å². The smallest absolute Gasteiger partial charge is 0.154 e. The first-order chi connectivity index (χ1) is 4.83. The molecule has 1 N–H and O–H groups in total. The van der Waals surface area contributed by atoms with Crippen molar-refractivity contribution in [2.45, 2.75) is 25.2 Å². The second kappa shape index (κ2) is 3.41. The zero-order chi connectivity index (χ0) is 7.40. The van der Waals surface area contributed by atoms with E-state index in [0.717, 1.165) is 6.42 Å². The molecule has 0 bridgehead atoms. The summed E-state index contributed by atoms with van der Waals surface area (Å²) in [6.07, 6.45) is 0.691. The highest BCUT2D eigenvalue weighted by Gasteiger charge is 2.21. The van der Waals surface area contributed by atoms with E-state index in [0.29, 0.717) is 13.0 Å². The SMILES string of the molecule is [N-]=[N+]=NC[C@@H]1CC[C@@H](O)O1. The van der Waals surface area contributed by atoms with Gasteiger partial charge in [-0.2, -0.15) is 0 Å². The summed E-state index contributed by atoms with van der Waals surface area (Å²) in [4.78, 5) is 2.59. The van der Waals surface area contributed by atoms with Gasteiger partial charge in [0.05, 0.1) is 12.6 Å². The van der Waals surface area contributed by atoms with Crippen LogP contribution in [0.4, 0.5) is 0 Å². The van der Waals surface area contributed by atoms with Crippen molar-refractivity contribution in [2.75, 3.05) is 6.54 Å². The summed E-state index contributed by atoms with van der Waals surface area (Å²) in [7, 11) is 0. The molecular formula is C5H9N3O2. The van der Waals surface area contributed by atoms with Gasteiger partial charge in [-0.15, -0.1) is 0 Å². The summed E-state index contributed by atoms with van der Waals surface area (Å²) in [6, 6.07) is 0. The minimum absolute atomic E-state index is 0.0779. The molecule has 0 unspecified atom stereocenters. The molecule has 0 spiro atoms. The number of azide groups is 1. The maximum absolute atomic E-state index is 8.84. The standard InChI is InChI=1S/C5H9N3O2/c6-8-7-3-4-1-2-5(9)10-4/h4-5,9H,1-3H2/t4-,5-/m0/s1. The van der Waals surface area contributed by atoms with Gasteiger partial charge in [0.25, 0.3) is 0 Å². The van der Waals surface area contributed by atoms with Crippen LogP contribution in [0.2, 0.25) is 0 Å². The summed E-state index contributed by atoms with van der Waals surface area (Å²) in [5.74, 6) is 0. The number of nitrogens with zero attached hydrogens (tertiary/aromatic N) is 3. The van der Waals surface area contributed by atoms with Crippen molar-refractivity contribution in [3.8, 4) is 0 Å². The van der Waals surface area contributed by atoms with Gasteiger partial charge in [-0.3, -0.25) is 0 Å². The zero-order valence-corrected chi connectivity index (χ0v) is 5.47. The Bertz CT molecular complexity index is 155. The molecule has 0 aliphatic carbocycles. The molecule has 10 heavy (non-hydrogen) atoms. The molecule has 5 heteroatoms. The van der Waals surface area contributed by atoms with Crippen LogP contribution in [0.1, 0.15) is 12.8 Å². The summed E-state index contributed by atoms with van der Waals surface area (Å²) in [5.41, 5.74) is 7.93. The normalized spacial score (nSPS) is 31.7. The third kappa shape index (κ3) is 1.88. The Hall–Kier alpha value is -0.770. The van der Waals surface area contributed by atoms with Gasteiger partial charge >= 0.3 is 0 Å². The quantitative estimate of drug-likeness (QED) is 0.352. The molecule has 0 aromatic carbocycles. The Kier molecular flexibility index (Phi) is 2.50. The van der Waals surface area contributed by atoms with E-state index in [4.69, 9.17) is 15.4 Å². The van der Waals surface area contributed by atoms with Gasteiger partial charge in [0.15, 0.2) is 6.29 Å². The van der Waals surface area contributed by atoms with Crippen LogP contribution in [0.15, 0.2) is 5.11 Å². The summed E-state index contributed by atoms with van der Waals surface area (Å²) < 4.78 is 4.95. The molecule has 56 valence electrons. The minimum Gasteiger partial charge on any atom is -0.368 e. The van der Waals surface area contributed by atoms with Crippen LogP contribution < -0.4 is 0 Å². The highest BCUT2D eigenvalue weighted by atomic mass is 16.6. The third-order valence-electron chi connectivity index (χ3n) is 1.43. The predicted molar refractivity (Wildman–Crippen MR) is 34.1 cm³/mol. The van der Waals surface area contributed by atoms with Gasteiger partial charge in [-0.05, 0) is 12.0 Å². The number of ether oxygens (including phenoxy) is 1. The second-order valence-electron chi connectivity index (χ2n) is 2.20. The fourth-order valence-corrected chi connectivity index (χ4v) is 0.949. The highest BCUT2D eigenvalue weighted by molar-refractivity contribution is 4.69. The Labute approximate surface area is 58.2 Å². The molecular weight excluding hydrogens is 134 g/mol. The van der Waals surface area contributed by atoms with Crippen molar-refractivity contribution >= 4 is 0 Å². The van der Waals surface area contributed by atoms with Crippen LogP contribution in [-0.4, -0.2) is 24.0 Å². The molecule has 0 amide bonds. The highest BCUT2D eigenvalue weighted by Crippen LogP contribution is 2.17. The van der Waals surface area contributed by atoms with Crippen molar-refractivity contribution < 1.29 is 9.84 Å². The lowest BCUT2D eigenvalue weighted by Gasteiger charge is -2.04. The molecule has 1 fully saturated rings. The minimum atomic E-state index is -0.654. The van der Waals surface area contributed by atoms with E-state index in [1.807, 2.05) is 0 Å². The van der Waals surface area contributed by atoms with Gasteiger partial charge in [-0.25, -0.2) is 0 Å². The maximum Gasteiger partial charge on any atom is 0.154 e. The van der Waals surface area contributed by atoms with E-state index in [1.165, 1.54) is 0 Å². The van der Waals surface area contributed by atoms with Crippen molar-refractivity contribution in [1.29, 1.82) is 0 Å². The second-order valence-corrected chi connectivity index (χ2v) is 2.20. The van der Waals surface area contributed by atoms with E-state index in [9.17, 15) is 0 Å². The van der Waals surface area contributed by atoms with Crippen molar-refractivity contribution in [1.82, 2.24) is 0 Å². The van der Waals surface area contributed by atoms with Crippen LogP contribution >= 0.6 is 0 Å². The lowest BCUT2D eigenvalue weighted by Crippen LogP contribution is -2.12. The fourth-order valence-electron chi connectivity index (χ4n) is 0.949. The van der Waals surface area contributed by atoms with E-state index in [2.05, 4.69) is 10.0 Å². The van der Waals surface area contributed by atoms with Gasteiger partial charge in [-0.1, -0.05) is 5.11 Å². The molecule has 0 aromatic rings. The lowest BCUT2D eigenvalue weighted by atomic mass is 10.2. The summed E-state index contributed by atoms with van der Waals surface area (Å²) in [6.45, 7) is 0.327. The molecule has 2 atom stereocenters. The molecule has 0 saturated carbocycles. The van der Waals surface area contributed by atoms with Crippen LogP contribution in [-0.2, 0) is 4.74 Å². The fraction of sp³-hybridized carbons (Fsp3) is 1.00. The van der Waals surface area contributed by atoms with E-state index < -0.39 is 6.29 Å². The summed E-state index contributed by atoms with van der Waals surface area (Å²) in [5, 5.41) is 12.2. The first kappa shape index (κ1) is 7.34. The molecule has 1 aliphatic rings. The van der Waals surface area contributed by atoms with Gasteiger partial charge in [0, 0.05) is 11.3 Å². The number of rotatable bonds is 2. The third-order valence-corrected chi connectivity index (χ3v) is 1.43.